The van der Waals surface area contributed by atoms with Gasteiger partial charge in [-0.05, 0) is 38.0 Å². The van der Waals surface area contributed by atoms with Crippen molar-refractivity contribution >= 4 is 5.91 Å². The number of rotatable bonds is 3. The van der Waals surface area contributed by atoms with Crippen molar-refractivity contribution in [2.45, 2.75) is 25.9 Å². The fourth-order valence-corrected chi connectivity index (χ4v) is 2.55. The van der Waals surface area contributed by atoms with E-state index in [0.29, 0.717) is 18.7 Å². The summed E-state index contributed by atoms with van der Waals surface area (Å²) in [4.78, 5) is 14.4. The molecule has 4 nitrogen and oxygen atoms in total. The van der Waals surface area contributed by atoms with Crippen LogP contribution in [0.4, 0.5) is 0 Å². The van der Waals surface area contributed by atoms with Crippen LogP contribution in [0.3, 0.4) is 0 Å². The first kappa shape index (κ1) is 15.6. The molecule has 0 aromatic heterocycles. The monoisotopic (exact) mass is 287 g/mol. The van der Waals surface area contributed by atoms with Gasteiger partial charge >= 0.3 is 0 Å². The summed E-state index contributed by atoms with van der Waals surface area (Å²) in [6.07, 6.45) is 2.13. The van der Waals surface area contributed by atoms with Crippen molar-refractivity contribution in [1.29, 1.82) is 0 Å². The van der Waals surface area contributed by atoms with Crippen LogP contribution in [0.5, 0.6) is 0 Å². The number of benzene rings is 1. The third-order valence-electron chi connectivity index (χ3n) is 3.49. The number of carbonyl (C=O) groups excluding carboxylic acids is 1. The zero-order valence-corrected chi connectivity index (χ0v) is 12.3. The summed E-state index contributed by atoms with van der Waals surface area (Å²) in [7, 11) is 0. The summed E-state index contributed by atoms with van der Waals surface area (Å²) in [6.45, 7) is 3.90. The van der Waals surface area contributed by atoms with Gasteiger partial charge in [-0.25, -0.2) is 0 Å². The number of aliphatic hydroxyl groups is 1. The molecule has 0 radical (unpaired) electrons. The van der Waals surface area contributed by atoms with Gasteiger partial charge in [0.2, 0.25) is 0 Å². The minimum atomic E-state index is -0.180. The topological polar surface area (TPSA) is 49.8 Å². The Bertz CT molecular complexity index is 542. The minimum Gasteiger partial charge on any atom is -0.384 e. The highest BCUT2D eigenvalue weighted by molar-refractivity contribution is 5.94. The molecule has 1 aliphatic rings. The summed E-state index contributed by atoms with van der Waals surface area (Å²) in [5.74, 6) is 5.44. The summed E-state index contributed by atoms with van der Waals surface area (Å²) in [6, 6.07) is 7.23. The van der Waals surface area contributed by atoms with Crippen LogP contribution in [-0.2, 0) is 4.74 Å². The summed E-state index contributed by atoms with van der Waals surface area (Å²) >= 11 is 0. The first-order valence-electron chi connectivity index (χ1n) is 7.35. The molecule has 1 fully saturated rings. The third kappa shape index (κ3) is 4.32. The van der Waals surface area contributed by atoms with E-state index in [9.17, 15) is 4.79 Å². The van der Waals surface area contributed by atoms with Gasteiger partial charge in [-0.2, -0.15) is 0 Å². The van der Waals surface area contributed by atoms with Gasteiger partial charge in [-0.1, -0.05) is 17.9 Å². The number of aliphatic hydroxyl groups excluding tert-OH is 1. The Labute approximate surface area is 125 Å². The zero-order valence-electron chi connectivity index (χ0n) is 12.3. The fraction of sp³-hybridized carbons (Fsp3) is 0.471. The molecule has 21 heavy (non-hydrogen) atoms. The molecule has 1 aromatic carbocycles. The molecule has 0 saturated carbocycles. The maximum atomic E-state index is 12.5. The number of amides is 1. The molecule has 2 rings (SSSR count). The molecule has 0 bridgehead atoms. The molecule has 1 unspecified atom stereocenters. The zero-order chi connectivity index (χ0) is 15.1. The number of piperidine rings is 1. The Morgan fingerprint density at radius 3 is 3.14 bits per heavy atom. The van der Waals surface area contributed by atoms with E-state index in [4.69, 9.17) is 9.84 Å². The van der Waals surface area contributed by atoms with Crippen molar-refractivity contribution in [1.82, 2.24) is 4.90 Å². The SMILES string of the molecule is CCOC1CCCN(C(=O)c2cccc(C#CCO)c2)C1. The van der Waals surface area contributed by atoms with Crippen LogP contribution in [-0.4, -0.2) is 48.3 Å². The standard InChI is InChI=1S/C17H21NO3/c1-2-21-16-9-4-10-18(13-16)17(20)15-8-3-6-14(12-15)7-5-11-19/h3,6,8,12,16,19H,2,4,9-11,13H2,1H3. The van der Waals surface area contributed by atoms with Crippen molar-refractivity contribution < 1.29 is 14.6 Å². The molecule has 0 aliphatic carbocycles. The largest absolute Gasteiger partial charge is 0.384 e. The summed E-state index contributed by atoms with van der Waals surface area (Å²) in [5, 5.41) is 8.73. The quantitative estimate of drug-likeness (QED) is 0.860. The van der Waals surface area contributed by atoms with Gasteiger partial charge in [0.1, 0.15) is 6.61 Å². The molecule has 1 aliphatic heterocycles. The second kappa shape index (κ2) is 7.82. The van der Waals surface area contributed by atoms with E-state index in [2.05, 4.69) is 11.8 Å². The van der Waals surface area contributed by atoms with Crippen LogP contribution in [0.15, 0.2) is 24.3 Å². The summed E-state index contributed by atoms with van der Waals surface area (Å²) in [5.41, 5.74) is 1.38. The Morgan fingerprint density at radius 2 is 2.38 bits per heavy atom. The Morgan fingerprint density at radius 1 is 1.52 bits per heavy atom. The highest BCUT2D eigenvalue weighted by Gasteiger charge is 2.24. The second-order valence-electron chi connectivity index (χ2n) is 5.01. The highest BCUT2D eigenvalue weighted by atomic mass is 16.5. The van der Waals surface area contributed by atoms with Crippen molar-refractivity contribution in [3.05, 3.63) is 35.4 Å². The van der Waals surface area contributed by atoms with Gasteiger partial charge in [0.25, 0.3) is 5.91 Å². The van der Waals surface area contributed by atoms with E-state index < -0.39 is 0 Å². The van der Waals surface area contributed by atoms with Crippen LogP contribution in [0.1, 0.15) is 35.7 Å². The first-order chi connectivity index (χ1) is 10.2. The molecular weight excluding hydrogens is 266 g/mol. The van der Waals surface area contributed by atoms with Crippen molar-refractivity contribution in [2.24, 2.45) is 0 Å². The lowest BCUT2D eigenvalue weighted by Crippen LogP contribution is -2.43. The molecular formula is C17H21NO3. The normalized spacial score (nSPS) is 18.0. The number of hydrogen-bond acceptors (Lipinski definition) is 3. The van der Waals surface area contributed by atoms with Crippen LogP contribution in [0, 0.1) is 11.8 Å². The van der Waals surface area contributed by atoms with Gasteiger partial charge in [-0.3, -0.25) is 4.79 Å². The molecule has 1 heterocycles. The smallest absolute Gasteiger partial charge is 0.253 e. The Kier molecular flexibility index (Phi) is 5.79. The number of nitrogens with zero attached hydrogens (tertiary/aromatic N) is 1. The van der Waals surface area contributed by atoms with E-state index >= 15 is 0 Å². The van der Waals surface area contributed by atoms with Gasteiger partial charge in [0.15, 0.2) is 0 Å². The van der Waals surface area contributed by atoms with E-state index in [0.717, 1.165) is 24.9 Å². The van der Waals surface area contributed by atoms with E-state index in [-0.39, 0.29) is 18.6 Å². The van der Waals surface area contributed by atoms with Crippen LogP contribution in [0.25, 0.3) is 0 Å². The predicted molar refractivity (Wildman–Crippen MR) is 81.0 cm³/mol. The van der Waals surface area contributed by atoms with Crippen LogP contribution < -0.4 is 0 Å². The maximum Gasteiger partial charge on any atom is 0.253 e. The van der Waals surface area contributed by atoms with Crippen molar-refractivity contribution in [2.75, 3.05) is 26.3 Å². The fourth-order valence-electron chi connectivity index (χ4n) is 2.55. The molecule has 1 amide bonds. The van der Waals surface area contributed by atoms with Gasteiger partial charge in [0.05, 0.1) is 6.10 Å². The van der Waals surface area contributed by atoms with Crippen molar-refractivity contribution in [3.8, 4) is 11.8 Å². The third-order valence-corrected chi connectivity index (χ3v) is 3.49. The number of hydrogen-bond donors (Lipinski definition) is 1. The molecule has 1 saturated heterocycles. The molecule has 1 aromatic rings. The predicted octanol–water partition coefficient (Wildman–Crippen LogP) is 1.67. The average Bonchev–Trinajstić information content (AvgIpc) is 2.53. The van der Waals surface area contributed by atoms with E-state index in [1.54, 1.807) is 12.1 Å². The molecule has 1 atom stereocenters. The minimum absolute atomic E-state index is 0.0204. The van der Waals surface area contributed by atoms with Gasteiger partial charge in [0, 0.05) is 30.8 Å². The Balaban J connectivity index is 2.08. The molecule has 1 N–H and O–H groups in total. The van der Waals surface area contributed by atoms with E-state index in [1.807, 2.05) is 24.0 Å². The maximum absolute atomic E-state index is 12.5. The van der Waals surface area contributed by atoms with Gasteiger partial charge < -0.3 is 14.7 Å². The summed E-state index contributed by atoms with van der Waals surface area (Å²) < 4.78 is 5.63. The lowest BCUT2D eigenvalue weighted by molar-refractivity contribution is 0.00724. The van der Waals surface area contributed by atoms with Gasteiger partial charge in [-0.15, -0.1) is 0 Å². The van der Waals surface area contributed by atoms with Crippen LogP contribution >= 0.6 is 0 Å². The second-order valence-corrected chi connectivity index (χ2v) is 5.01. The lowest BCUT2D eigenvalue weighted by Gasteiger charge is -2.32. The number of likely N-dealkylation sites (tertiary alicyclic amines) is 1. The number of carbonyl (C=O) groups is 1. The first-order valence-corrected chi connectivity index (χ1v) is 7.35. The molecule has 0 spiro atoms. The lowest BCUT2D eigenvalue weighted by atomic mass is 10.1. The molecule has 4 heteroatoms. The number of ether oxygens (including phenoxy) is 1. The van der Waals surface area contributed by atoms with Crippen LogP contribution in [0.2, 0.25) is 0 Å². The average molecular weight is 287 g/mol. The Hall–Kier alpha value is -1.83. The van der Waals surface area contributed by atoms with E-state index in [1.165, 1.54) is 0 Å². The van der Waals surface area contributed by atoms with Crippen molar-refractivity contribution in [3.63, 3.8) is 0 Å². The molecule has 112 valence electrons. The highest BCUT2D eigenvalue weighted by Crippen LogP contribution is 2.16.